The highest BCUT2D eigenvalue weighted by atomic mass is 127. The molecule has 1 aliphatic heterocycles. The Labute approximate surface area is 137 Å². The van der Waals surface area contributed by atoms with E-state index in [9.17, 15) is 9.59 Å². The normalized spacial score (nSPS) is 15.3. The van der Waals surface area contributed by atoms with Crippen molar-refractivity contribution >= 4 is 34.4 Å². The van der Waals surface area contributed by atoms with Gasteiger partial charge < -0.3 is 10.2 Å². The minimum Gasteiger partial charge on any atom is -0.349 e. The van der Waals surface area contributed by atoms with E-state index in [0.717, 1.165) is 16.4 Å². The average Bonchev–Trinajstić information content (AvgIpc) is 2.48. The molecule has 2 rings (SSSR count). The van der Waals surface area contributed by atoms with Crippen LogP contribution in [0.3, 0.4) is 0 Å². The first-order chi connectivity index (χ1) is 10.1. The average molecular weight is 397 g/mol. The Morgan fingerprint density at radius 1 is 1.33 bits per heavy atom. The van der Waals surface area contributed by atoms with E-state index in [1.807, 2.05) is 30.3 Å². The van der Waals surface area contributed by atoms with Crippen molar-refractivity contribution in [1.29, 1.82) is 5.26 Å². The summed E-state index contributed by atoms with van der Waals surface area (Å²) >= 11 is 2.15. The third-order valence-corrected chi connectivity index (χ3v) is 4.47. The number of rotatable bonds is 3. The lowest BCUT2D eigenvalue weighted by molar-refractivity contribution is -0.131. The van der Waals surface area contributed by atoms with Gasteiger partial charge in [0.2, 0.25) is 5.91 Å². The van der Waals surface area contributed by atoms with E-state index in [1.165, 1.54) is 0 Å². The van der Waals surface area contributed by atoms with Gasteiger partial charge in [0.1, 0.15) is 6.42 Å². The van der Waals surface area contributed by atoms with Crippen LogP contribution in [0.2, 0.25) is 0 Å². The molecule has 1 saturated heterocycles. The fourth-order valence-electron chi connectivity index (χ4n) is 2.36. The molecule has 0 spiro atoms. The number of likely N-dealkylation sites (tertiary alicyclic amines) is 1. The summed E-state index contributed by atoms with van der Waals surface area (Å²) in [6, 6.07) is 9.41. The van der Waals surface area contributed by atoms with Crippen molar-refractivity contribution in [3.63, 3.8) is 0 Å². The van der Waals surface area contributed by atoms with Gasteiger partial charge >= 0.3 is 0 Å². The molecule has 0 unspecified atom stereocenters. The Balaban J connectivity index is 1.87. The summed E-state index contributed by atoms with van der Waals surface area (Å²) in [5, 5.41) is 11.6. The maximum absolute atomic E-state index is 12.2. The van der Waals surface area contributed by atoms with Gasteiger partial charge in [0.25, 0.3) is 5.91 Å². The summed E-state index contributed by atoms with van der Waals surface area (Å²) < 4.78 is 0.925. The number of benzene rings is 1. The van der Waals surface area contributed by atoms with Gasteiger partial charge in [-0.05, 0) is 47.6 Å². The van der Waals surface area contributed by atoms with Gasteiger partial charge in [-0.15, -0.1) is 0 Å². The second-order valence-corrected chi connectivity index (χ2v) is 6.11. The molecule has 6 heteroatoms. The second-order valence-electron chi connectivity index (χ2n) is 4.94. The maximum Gasteiger partial charge on any atom is 0.252 e. The van der Waals surface area contributed by atoms with Gasteiger partial charge in [-0.1, -0.05) is 12.1 Å². The van der Waals surface area contributed by atoms with Gasteiger partial charge in [0, 0.05) is 22.7 Å². The molecule has 21 heavy (non-hydrogen) atoms. The molecule has 0 aromatic heterocycles. The number of piperidine rings is 1. The Kier molecular flexibility index (Phi) is 5.56. The molecule has 0 radical (unpaired) electrons. The highest BCUT2D eigenvalue weighted by Crippen LogP contribution is 2.15. The lowest BCUT2D eigenvalue weighted by Gasteiger charge is -2.32. The first kappa shape index (κ1) is 15.8. The number of nitrogens with zero attached hydrogens (tertiary/aromatic N) is 2. The van der Waals surface area contributed by atoms with Crippen molar-refractivity contribution in [3.05, 3.63) is 33.4 Å². The summed E-state index contributed by atoms with van der Waals surface area (Å²) in [6.07, 6.45) is 1.39. The molecular formula is C15H16IN3O2. The van der Waals surface area contributed by atoms with Crippen molar-refractivity contribution < 1.29 is 9.59 Å². The number of carbonyl (C=O) groups is 2. The van der Waals surface area contributed by atoms with Crippen LogP contribution in [0.5, 0.6) is 0 Å². The van der Waals surface area contributed by atoms with Crippen molar-refractivity contribution in [2.24, 2.45) is 0 Å². The molecule has 110 valence electrons. The number of hydrogen-bond donors (Lipinski definition) is 1. The molecule has 0 saturated carbocycles. The third-order valence-electron chi connectivity index (χ3n) is 3.53. The van der Waals surface area contributed by atoms with Crippen molar-refractivity contribution in [3.8, 4) is 6.07 Å². The molecule has 0 aliphatic carbocycles. The molecular weight excluding hydrogens is 381 g/mol. The third kappa shape index (κ3) is 4.17. The van der Waals surface area contributed by atoms with Crippen LogP contribution >= 0.6 is 22.6 Å². The zero-order chi connectivity index (χ0) is 15.2. The fraction of sp³-hybridized carbons (Fsp3) is 0.400. The topological polar surface area (TPSA) is 73.2 Å². The maximum atomic E-state index is 12.2. The Hall–Kier alpha value is -1.62. The number of nitriles is 1. The molecule has 1 aromatic rings. The van der Waals surface area contributed by atoms with E-state index in [4.69, 9.17) is 5.26 Å². The summed E-state index contributed by atoms with van der Waals surface area (Å²) in [6.45, 7) is 1.19. The summed E-state index contributed by atoms with van der Waals surface area (Å²) in [5.74, 6) is -0.193. The predicted molar refractivity (Wildman–Crippen MR) is 86.5 cm³/mol. The molecule has 0 bridgehead atoms. The first-order valence-corrected chi connectivity index (χ1v) is 7.90. The first-order valence-electron chi connectivity index (χ1n) is 6.82. The lowest BCUT2D eigenvalue weighted by atomic mass is 10.0. The quantitative estimate of drug-likeness (QED) is 0.793. The summed E-state index contributed by atoms with van der Waals surface area (Å²) in [5.41, 5.74) is 0.682. The number of halogens is 1. The highest BCUT2D eigenvalue weighted by molar-refractivity contribution is 14.1. The molecule has 2 amide bonds. The zero-order valence-electron chi connectivity index (χ0n) is 11.5. The highest BCUT2D eigenvalue weighted by Gasteiger charge is 2.24. The van der Waals surface area contributed by atoms with Crippen molar-refractivity contribution in [2.75, 3.05) is 13.1 Å². The van der Waals surface area contributed by atoms with Crippen LogP contribution in [0.4, 0.5) is 0 Å². The molecule has 1 N–H and O–H groups in total. The van der Waals surface area contributed by atoms with E-state index in [1.54, 1.807) is 4.90 Å². The van der Waals surface area contributed by atoms with Gasteiger partial charge in [0.05, 0.1) is 11.6 Å². The lowest BCUT2D eigenvalue weighted by Crippen LogP contribution is -2.46. The number of amides is 2. The number of carbonyl (C=O) groups excluding carboxylic acids is 2. The van der Waals surface area contributed by atoms with E-state index in [2.05, 4.69) is 27.9 Å². The molecule has 5 nitrogen and oxygen atoms in total. The van der Waals surface area contributed by atoms with Crippen molar-refractivity contribution in [1.82, 2.24) is 10.2 Å². The molecule has 1 fully saturated rings. The van der Waals surface area contributed by atoms with Crippen LogP contribution in [0, 0.1) is 14.9 Å². The fourth-order valence-corrected chi connectivity index (χ4v) is 2.99. The Morgan fingerprint density at radius 2 is 2.00 bits per heavy atom. The van der Waals surface area contributed by atoms with Gasteiger partial charge in [0.15, 0.2) is 0 Å². The predicted octanol–water partition coefficient (Wildman–Crippen LogP) is 1.93. The standard InChI is InChI=1S/C15H16IN3O2/c16-13-4-2-1-3-12(13)15(21)18-11-6-9-19(10-7-11)14(20)5-8-17/h1-4,11H,5-7,9-10H2,(H,18,21). The molecule has 1 aliphatic rings. The summed E-state index contributed by atoms with van der Waals surface area (Å²) in [7, 11) is 0. The second kappa shape index (κ2) is 7.41. The number of hydrogen-bond acceptors (Lipinski definition) is 3. The van der Waals surface area contributed by atoms with Crippen LogP contribution in [0.15, 0.2) is 24.3 Å². The van der Waals surface area contributed by atoms with Crippen LogP contribution in [-0.4, -0.2) is 35.8 Å². The van der Waals surface area contributed by atoms with E-state index >= 15 is 0 Å². The van der Waals surface area contributed by atoms with Crippen LogP contribution in [0.1, 0.15) is 29.6 Å². The van der Waals surface area contributed by atoms with Crippen molar-refractivity contribution in [2.45, 2.75) is 25.3 Å². The molecule has 1 aromatic carbocycles. The monoisotopic (exact) mass is 397 g/mol. The van der Waals surface area contributed by atoms with E-state index in [-0.39, 0.29) is 24.3 Å². The number of nitrogens with one attached hydrogen (secondary N) is 1. The smallest absolute Gasteiger partial charge is 0.252 e. The Bertz CT molecular complexity index is 575. The van der Waals surface area contributed by atoms with E-state index in [0.29, 0.717) is 18.7 Å². The SMILES string of the molecule is N#CCC(=O)N1CCC(NC(=O)c2ccccc2I)CC1. The van der Waals surface area contributed by atoms with Crippen LogP contribution in [-0.2, 0) is 4.79 Å². The zero-order valence-corrected chi connectivity index (χ0v) is 13.7. The van der Waals surface area contributed by atoms with E-state index < -0.39 is 0 Å². The van der Waals surface area contributed by atoms with Crippen LogP contribution < -0.4 is 5.32 Å². The van der Waals surface area contributed by atoms with Crippen LogP contribution in [0.25, 0.3) is 0 Å². The largest absolute Gasteiger partial charge is 0.349 e. The van der Waals surface area contributed by atoms with Gasteiger partial charge in [-0.2, -0.15) is 5.26 Å². The van der Waals surface area contributed by atoms with Gasteiger partial charge in [-0.25, -0.2) is 0 Å². The molecule has 0 atom stereocenters. The minimum absolute atomic E-state index is 0.0678. The minimum atomic E-state index is -0.125. The summed E-state index contributed by atoms with van der Waals surface area (Å²) in [4.78, 5) is 25.5. The van der Waals surface area contributed by atoms with Gasteiger partial charge in [-0.3, -0.25) is 9.59 Å². The molecule has 1 heterocycles. The Morgan fingerprint density at radius 3 is 2.62 bits per heavy atom.